The third-order valence-electron chi connectivity index (χ3n) is 4.95. The first-order valence-corrected chi connectivity index (χ1v) is 7.86. The van der Waals surface area contributed by atoms with E-state index in [1.807, 2.05) is 0 Å². The van der Waals surface area contributed by atoms with Gasteiger partial charge in [0.25, 0.3) is 0 Å². The molecular weight excluding hydrogens is 247 g/mol. The number of aryl methyl sites for hydroxylation is 2. The summed E-state index contributed by atoms with van der Waals surface area (Å²) in [4.78, 5) is 0. The molecule has 1 atom stereocenters. The molecule has 1 aromatic carbocycles. The molecule has 3 rings (SSSR count). The molecule has 0 bridgehead atoms. The SMILES string of the molecule is [Li][C]1=C(CC)C=C2C1=CC=CC2(C)c1cc(C)cc(C)c1. The predicted octanol–water partition coefficient (Wildman–Crippen LogP) is 4.83. The maximum absolute atomic E-state index is 2.42. The van der Waals surface area contributed by atoms with Crippen LogP contribution in [0, 0.1) is 13.8 Å². The van der Waals surface area contributed by atoms with Crippen molar-refractivity contribution < 1.29 is 0 Å². The first kappa shape index (κ1) is 14.7. The topological polar surface area (TPSA) is 0 Å². The van der Waals surface area contributed by atoms with Gasteiger partial charge in [0, 0.05) is 0 Å². The first-order valence-electron chi connectivity index (χ1n) is 7.86. The second-order valence-corrected chi connectivity index (χ2v) is 6.58. The van der Waals surface area contributed by atoms with Gasteiger partial charge in [0.05, 0.1) is 0 Å². The van der Waals surface area contributed by atoms with Crippen LogP contribution in [0.4, 0.5) is 0 Å². The van der Waals surface area contributed by atoms with Crippen molar-refractivity contribution in [1.29, 1.82) is 0 Å². The van der Waals surface area contributed by atoms with E-state index in [9.17, 15) is 0 Å². The van der Waals surface area contributed by atoms with Crippen LogP contribution in [0.5, 0.6) is 0 Å². The summed E-state index contributed by atoms with van der Waals surface area (Å²) in [5.41, 5.74) is 8.44. The van der Waals surface area contributed by atoms with E-state index in [4.69, 9.17) is 0 Å². The molecule has 102 valence electrons. The Morgan fingerprint density at radius 3 is 2.38 bits per heavy atom. The zero-order chi connectivity index (χ0) is 15.2. The average Bonchev–Trinajstić information content (AvgIpc) is 2.76. The van der Waals surface area contributed by atoms with Crippen LogP contribution in [0.3, 0.4) is 0 Å². The molecule has 0 radical (unpaired) electrons. The number of rotatable bonds is 2. The molecule has 0 heterocycles. The summed E-state index contributed by atoms with van der Waals surface area (Å²) in [7, 11) is 0. The number of hydrogen-bond acceptors (Lipinski definition) is 0. The molecule has 0 saturated carbocycles. The standard InChI is InChI=1S/C20H21.Li/c1-5-16-12-17-7-6-8-20(4,19(17)13-16)18-10-14(2)9-15(3)11-18;/h6-11,13H,5H2,1-4H3;. The van der Waals surface area contributed by atoms with Crippen LogP contribution in [0.25, 0.3) is 0 Å². The zero-order valence-electron chi connectivity index (χ0n) is 13.7. The molecule has 1 heteroatoms. The van der Waals surface area contributed by atoms with Crippen LogP contribution in [0.1, 0.15) is 37.0 Å². The van der Waals surface area contributed by atoms with Crippen molar-refractivity contribution in [3.8, 4) is 0 Å². The van der Waals surface area contributed by atoms with Crippen molar-refractivity contribution in [3.05, 3.63) is 80.2 Å². The van der Waals surface area contributed by atoms with E-state index in [-0.39, 0.29) is 5.41 Å². The van der Waals surface area contributed by atoms with Gasteiger partial charge in [0.2, 0.25) is 0 Å². The molecule has 1 aromatic rings. The average molecular weight is 268 g/mol. The van der Waals surface area contributed by atoms with Gasteiger partial charge in [-0.15, -0.1) is 0 Å². The summed E-state index contributed by atoms with van der Waals surface area (Å²) in [6.07, 6.45) is 10.4. The molecule has 0 aliphatic heterocycles. The van der Waals surface area contributed by atoms with Crippen molar-refractivity contribution in [1.82, 2.24) is 0 Å². The molecule has 2 aliphatic rings. The molecule has 0 amide bonds. The number of hydrogen-bond donors (Lipinski definition) is 0. The molecule has 0 nitrogen and oxygen atoms in total. The third kappa shape index (κ3) is 2.32. The van der Waals surface area contributed by atoms with Crippen LogP contribution in [-0.2, 0) is 5.41 Å². The van der Waals surface area contributed by atoms with E-state index in [1.54, 1.807) is 0 Å². The predicted molar refractivity (Wildman–Crippen MR) is 91.6 cm³/mol. The van der Waals surface area contributed by atoms with Crippen molar-refractivity contribution in [2.75, 3.05) is 0 Å². The molecule has 0 fully saturated rings. The van der Waals surface area contributed by atoms with Gasteiger partial charge in [-0.1, -0.05) is 0 Å². The van der Waals surface area contributed by atoms with E-state index < -0.39 is 0 Å². The zero-order valence-corrected chi connectivity index (χ0v) is 13.7. The normalized spacial score (nSPS) is 24.1. The van der Waals surface area contributed by atoms with Crippen molar-refractivity contribution in [2.45, 2.75) is 39.5 Å². The summed E-state index contributed by atoms with van der Waals surface area (Å²) in [6.45, 7) is 8.97. The summed E-state index contributed by atoms with van der Waals surface area (Å²) in [5, 5.41) is 0. The van der Waals surface area contributed by atoms with Gasteiger partial charge < -0.3 is 0 Å². The fourth-order valence-electron chi connectivity index (χ4n) is 3.70. The Balaban J connectivity index is 2.15. The van der Waals surface area contributed by atoms with Crippen LogP contribution in [0.2, 0.25) is 0 Å². The third-order valence-corrected chi connectivity index (χ3v) is 4.95. The minimum atomic E-state index is -0.0148. The molecule has 21 heavy (non-hydrogen) atoms. The molecule has 0 N–H and O–H groups in total. The van der Waals surface area contributed by atoms with E-state index in [0.717, 1.165) is 6.42 Å². The number of benzene rings is 1. The number of allylic oxidation sites excluding steroid dienone is 8. The fourth-order valence-corrected chi connectivity index (χ4v) is 3.70. The summed E-state index contributed by atoms with van der Waals surface area (Å²) in [6, 6.07) is 6.92. The Hall–Kier alpha value is -1.22. The van der Waals surface area contributed by atoms with Crippen LogP contribution in [-0.4, -0.2) is 17.7 Å². The first-order chi connectivity index (χ1) is 9.95. The van der Waals surface area contributed by atoms with Gasteiger partial charge in [-0.2, -0.15) is 0 Å². The maximum atomic E-state index is 2.42. The van der Waals surface area contributed by atoms with Crippen molar-refractivity contribution in [2.24, 2.45) is 0 Å². The van der Waals surface area contributed by atoms with Crippen LogP contribution in [0.15, 0.2) is 63.5 Å². The fraction of sp³-hybridized carbons (Fsp3) is 0.300. The molecule has 0 spiro atoms. The number of fused-ring (bicyclic) bond motifs is 1. The van der Waals surface area contributed by atoms with Gasteiger partial charge in [-0.3, -0.25) is 0 Å². The Kier molecular flexibility index (Phi) is 3.64. The Morgan fingerprint density at radius 2 is 1.76 bits per heavy atom. The van der Waals surface area contributed by atoms with Gasteiger partial charge in [-0.25, -0.2) is 0 Å². The monoisotopic (exact) mass is 268 g/mol. The second-order valence-electron chi connectivity index (χ2n) is 6.58. The summed E-state index contributed by atoms with van der Waals surface area (Å²) >= 11 is 2.26. The molecule has 0 aromatic heterocycles. The van der Waals surface area contributed by atoms with Gasteiger partial charge in [0.15, 0.2) is 0 Å². The Labute approximate surface area is 137 Å². The molecule has 0 saturated heterocycles. The minimum absolute atomic E-state index is 0.0148. The van der Waals surface area contributed by atoms with E-state index in [2.05, 4.69) is 87.9 Å². The van der Waals surface area contributed by atoms with Crippen molar-refractivity contribution >= 4 is 17.7 Å². The van der Waals surface area contributed by atoms with Crippen LogP contribution < -0.4 is 0 Å². The van der Waals surface area contributed by atoms with E-state index >= 15 is 0 Å². The van der Waals surface area contributed by atoms with Gasteiger partial charge in [-0.05, 0) is 0 Å². The second kappa shape index (κ2) is 5.20. The van der Waals surface area contributed by atoms with Gasteiger partial charge >= 0.3 is 137 Å². The Morgan fingerprint density at radius 1 is 1.10 bits per heavy atom. The molecular formula is C20H21Li. The van der Waals surface area contributed by atoms with E-state index in [0.29, 0.717) is 0 Å². The summed E-state index contributed by atoms with van der Waals surface area (Å²) in [5.74, 6) is 0. The van der Waals surface area contributed by atoms with Gasteiger partial charge in [0.1, 0.15) is 0 Å². The Bertz CT molecular complexity index is 708. The quantitative estimate of drug-likeness (QED) is 0.674. The molecule has 1 unspecified atom stereocenters. The van der Waals surface area contributed by atoms with Crippen molar-refractivity contribution in [3.63, 3.8) is 0 Å². The summed E-state index contributed by atoms with van der Waals surface area (Å²) < 4.78 is 1.45. The molecule has 2 aliphatic carbocycles. The van der Waals surface area contributed by atoms with Crippen LogP contribution >= 0.6 is 0 Å². The van der Waals surface area contributed by atoms with E-state index in [1.165, 1.54) is 37.7 Å².